The first-order valence-electron chi connectivity index (χ1n) is 15.1. The molecule has 3 aromatic heterocycles. The third kappa shape index (κ3) is 6.65. The molecule has 0 saturated carbocycles. The van der Waals surface area contributed by atoms with Gasteiger partial charge in [-0.2, -0.15) is 5.09 Å². The highest BCUT2D eigenvalue weighted by atomic mass is 31.2. The standard InChI is InChI=1S/C33H35N6O8P/c1-4-33(42)28(40)27(46-32(33)39-15-14-24-29(34)35-19-36-30(24)39)18-44-48(43,47-23-11-6-5-7-12-23)38-26(31(41)45-20(2)3)17-22-16-21-10-8-9-13-25(21)37-22/h1,5-16,19-20,26-28,32,37,40,42H,17-18H2,2-3H3,(H,38,43)(H2,34,35,36)/t26-,27+,28+,32+,33+,48?/m0/s1. The number of fused-ring (bicyclic) bond motifs is 2. The third-order valence-electron chi connectivity index (χ3n) is 7.84. The van der Waals surface area contributed by atoms with Gasteiger partial charge < -0.3 is 39.5 Å². The van der Waals surface area contributed by atoms with Gasteiger partial charge in [0, 0.05) is 23.8 Å². The van der Waals surface area contributed by atoms with Crippen molar-refractivity contribution in [1.29, 1.82) is 0 Å². The highest BCUT2D eigenvalue weighted by Crippen LogP contribution is 2.47. The second kappa shape index (κ2) is 13.4. The highest BCUT2D eigenvalue weighted by molar-refractivity contribution is 7.52. The molecule has 1 fully saturated rings. The van der Waals surface area contributed by atoms with E-state index in [1.54, 1.807) is 56.4 Å². The summed E-state index contributed by atoms with van der Waals surface area (Å²) in [6.07, 6.45) is 3.72. The molecule has 0 spiro atoms. The topological polar surface area (TPSA) is 196 Å². The first kappa shape index (κ1) is 33.2. The van der Waals surface area contributed by atoms with Crippen LogP contribution in [0.4, 0.5) is 5.82 Å². The lowest BCUT2D eigenvalue weighted by Crippen LogP contribution is -2.46. The molecule has 0 amide bonds. The zero-order chi connectivity index (χ0) is 34.1. The van der Waals surface area contributed by atoms with Crippen LogP contribution in [0.25, 0.3) is 21.9 Å². The maximum Gasteiger partial charge on any atom is 0.459 e. The van der Waals surface area contributed by atoms with Crippen LogP contribution in [0.1, 0.15) is 25.8 Å². The van der Waals surface area contributed by atoms with Gasteiger partial charge in [-0.15, -0.1) is 6.42 Å². The molecule has 6 N–H and O–H groups in total. The molecule has 14 nitrogen and oxygen atoms in total. The second-order valence-corrected chi connectivity index (χ2v) is 13.3. The highest BCUT2D eigenvalue weighted by Gasteiger charge is 2.56. The quantitative estimate of drug-likeness (QED) is 0.0736. The normalized spacial score (nSPS) is 22.8. The van der Waals surface area contributed by atoms with Gasteiger partial charge in [0.05, 0.1) is 18.1 Å². The van der Waals surface area contributed by atoms with Gasteiger partial charge in [-0.05, 0) is 49.6 Å². The Labute approximate surface area is 275 Å². The minimum absolute atomic E-state index is 0.0406. The maximum absolute atomic E-state index is 14.5. The van der Waals surface area contributed by atoms with E-state index in [0.717, 1.165) is 10.9 Å². The van der Waals surface area contributed by atoms with Gasteiger partial charge in [-0.3, -0.25) is 9.32 Å². The average molecular weight is 675 g/mol. The number of carbonyl (C=O) groups excluding carboxylic acids is 1. The average Bonchev–Trinajstić information content (AvgIpc) is 3.75. The second-order valence-electron chi connectivity index (χ2n) is 11.6. The van der Waals surface area contributed by atoms with E-state index in [9.17, 15) is 19.6 Å². The number of aromatic nitrogens is 4. The van der Waals surface area contributed by atoms with E-state index < -0.39 is 56.5 Å². The molecule has 48 heavy (non-hydrogen) atoms. The van der Waals surface area contributed by atoms with Crippen LogP contribution >= 0.6 is 7.75 Å². The molecule has 1 saturated heterocycles. The summed E-state index contributed by atoms with van der Waals surface area (Å²) >= 11 is 0. The predicted molar refractivity (Wildman–Crippen MR) is 176 cm³/mol. The Morgan fingerprint density at radius 1 is 1.21 bits per heavy atom. The summed E-state index contributed by atoms with van der Waals surface area (Å²) in [6, 6.07) is 18.1. The summed E-state index contributed by atoms with van der Waals surface area (Å²) in [4.78, 5) is 24.8. The van der Waals surface area contributed by atoms with E-state index in [1.165, 1.54) is 10.9 Å². The number of para-hydroxylation sites is 2. The summed E-state index contributed by atoms with van der Waals surface area (Å²) in [6.45, 7) is 2.82. The minimum Gasteiger partial charge on any atom is -0.462 e. The van der Waals surface area contributed by atoms with Crippen molar-refractivity contribution in [3.05, 3.63) is 84.9 Å². The van der Waals surface area contributed by atoms with E-state index in [4.69, 9.17) is 30.7 Å². The first-order chi connectivity index (χ1) is 23.0. The number of hydrogen-bond donors (Lipinski definition) is 5. The van der Waals surface area contributed by atoms with Crippen LogP contribution < -0.4 is 15.3 Å². The Balaban J connectivity index is 1.28. The molecule has 1 aliphatic heterocycles. The fourth-order valence-corrected chi connectivity index (χ4v) is 7.05. The molecule has 2 aromatic carbocycles. The van der Waals surface area contributed by atoms with Gasteiger partial charge in [0.15, 0.2) is 11.8 Å². The first-order valence-corrected chi connectivity index (χ1v) is 16.7. The molecule has 1 unspecified atom stereocenters. The largest absolute Gasteiger partial charge is 0.462 e. The fourth-order valence-electron chi connectivity index (χ4n) is 5.55. The van der Waals surface area contributed by atoms with E-state index in [1.807, 2.05) is 30.3 Å². The maximum atomic E-state index is 14.5. The molecule has 4 heterocycles. The number of nitrogens with one attached hydrogen (secondary N) is 2. The van der Waals surface area contributed by atoms with Crippen molar-refractivity contribution in [1.82, 2.24) is 24.6 Å². The zero-order valence-corrected chi connectivity index (χ0v) is 27.0. The molecular weight excluding hydrogens is 639 g/mol. The molecule has 1 aliphatic rings. The van der Waals surface area contributed by atoms with E-state index in [0.29, 0.717) is 16.7 Å². The SMILES string of the molecule is C#C[C@@]1(O)[C@H](O)[C@@H](COP(=O)(N[C@@H](Cc2cc3ccccc3[nH]2)C(=O)OC(C)C)Oc2ccccc2)O[C@H]1n1ccc2c(N)ncnc21. The number of H-pyrrole nitrogens is 1. The number of carbonyl (C=O) groups is 1. The Morgan fingerprint density at radius 2 is 1.96 bits per heavy atom. The summed E-state index contributed by atoms with van der Waals surface area (Å²) in [5, 5.41) is 26.8. The molecule has 6 atom stereocenters. The number of rotatable bonds is 12. The Bertz CT molecular complexity index is 1980. The van der Waals surface area contributed by atoms with Crippen LogP contribution in [0.3, 0.4) is 0 Å². The van der Waals surface area contributed by atoms with Gasteiger partial charge >= 0.3 is 13.7 Å². The summed E-state index contributed by atoms with van der Waals surface area (Å²) in [5.74, 6) is 1.91. The van der Waals surface area contributed by atoms with Crippen LogP contribution in [0, 0.1) is 12.3 Å². The summed E-state index contributed by atoms with van der Waals surface area (Å²) in [5.41, 5.74) is 5.55. The number of terminal acetylenes is 1. The van der Waals surface area contributed by atoms with Gasteiger partial charge in [0.1, 0.15) is 41.8 Å². The number of hydrogen-bond acceptors (Lipinski definition) is 11. The van der Waals surface area contributed by atoms with Crippen LogP contribution in [0.5, 0.6) is 5.75 Å². The number of benzene rings is 2. The number of aliphatic hydroxyl groups is 2. The Hall–Kier alpha value is -4.74. The van der Waals surface area contributed by atoms with Crippen molar-refractivity contribution >= 4 is 41.5 Å². The molecule has 250 valence electrons. The molecule has 0 radical (unpaired) electrons. The number of aromatic amines is 1. The molecule has 6 rings (SSSR count). The molecular formula is C33H35N6O8P. The smallest absolute Gasteiger partial charge is 0.459 e. The van der Waals surface area contributed by atoms with Crippen molar-refractivity contribution in [2.24, 2.45) is 0 Å². The molecule has 0 bridgehead atoms. The number of aliphatic hydroxyl groups excluding tert-OH is 1. The van der Waals surface area contributed by atoms with Gasteiger partial charge in [-0.1, -0.05) is 42.3 Å². The lowest BCUT2D eigenvalue weighted by Gasteiger charge is -2.27. The number of nitrogen functional groups attached to an aromatic ring is 1. The Morgan fingerprint density at radius 3 is 2.69 bits per heavy atom. The van der Waals surface area contributed by atoms with Gasteiger partial charge in [-0.25, -0.2) is 14.5 Å². The fraction of sp³-hybridized carbons (Fsp3) is 0.303. The molecule has 15 heteroatoms. The zero-order valence-electron chi connectivity index (χ0n) is 26.1. The van der Waals surface area contributed by atoms with Crippen molar-refractivity contribution in [2.45, 2.75) is 56.5 Å². The van der Waals surface area contributed by atoms with Crippen molar-refractivity contribution < 1.29 is 38.1 Å². The lowest BCUT2D eigenvalue weighted by atomic mass is 9.95. The van der Waals surface area contributed by atoms with Crippen molar-refractivity contribution in [3.63, 3.8) is 0 Å². The van der Waals surface area contributed by atoms with Crippen molar-refractivity contribution in [2.75, 3.05) is 12.3 Å². The van der Waals surface area contributed by atoms with Crippen LogP contribution in [-0.4, -0.2) is 72.3 Å². The Kier molecular flexibility index (Phi) is 9.26. The number of ether oxygens (including phenoxy) is 2. The van der Waals surface area contributed by atoms with Crippen LogP contribution in [0.2, 0.25) is 0 Å². The summed E-state index contributed by atoms with van der Waals surface area (Å²) in [7, 11) is -4.45. The third-order valence-corrected chi connectivity index (χ3v) is 9.41. The molecule has 5 aromatic rings. The van der Waals surface area contributed by atoms with Gasteiger partial charge in [0.2, 0.25) is 0 Å². The van der Waals surface area contributed by atoms with E-state index >= 15 is 0 Å². The van der Waals surface area contributed by atoms with Gasteiger partial charge in [0.25, 0.3) is 0 Å². The monoisotopic (exact) mass is 674 g/mol. The lowest BCUT2D eigenvalue weighted by molar-refractivity contribution is -0.149. The molecule has 0 aliphatic carbocycles. The number of nitrogens with two attached hydrogens (primary N) is 1. The minimum atomic E-state index is -4.45. The predicted octanol–water partition coefficient (Wildman–Crippen LogP) is 3.47. The van der Waals surface area contributed by atoms with E-state index in [-0.39, 0.29) is 18.0 Å². The van der Waals surface area contributed by atoms with Crippen LogP contribution in [0.15, 0.2) is 79.3 Å². The van der Waals surface area contributed by atoms with Crippen molar-refractivity contribution in [3.8, 4) is 18.1 Å². The number of esters is 1. The van der Waals surface area contributed by atoms with E-state index in [2.05, 4.69) is 26.0 Å². The summed E-state index contributed by atoms with van der Waals surface area (Å²) < 4.78 is 39.2. The number of anilines is 1. The van der Waals surface area contributed by atoms with Crippen LogP contribution in [-0.2, 0) is 29.8 Å². The number of nitrogens with zero attached hydrogens (tertiary/aromatic N) is 3.